The average molecular weight is 555 g/mol. The van der Waals surface area contributed by atoms with Crippen molar-refractivity contribution in [2.45, 2.75) is 57.6 Å². The summed E-state index contributed by atoms with van der Waals surface area (Å²) in [6.45, 7) is 7.95. The smallest absolute Gasteiger partial charge is 0.309 e. The van der Waals surface area contributed by atoms with Crippen molar-refractivity contribution in [3.8, 4) is 11.3 Å². The Hall–Kier alpha value is -3.21. The van der Waals surface area contributed by atoms with Gasteiger partial charge in [0.25, 0.3) is 0 Å². The molecule has 1 aliphatic rings. The number of para-hydroxylation sites is 1. The molecule has 9 nitrogen and oxygen atoms in total. The molecule has 1 aromatic heterocycles. The Morgan fingerprint density at radius 3 is 2.54 bits per heavy atom. The molecule has 2 aromatic carbocycles. The molecule has 0 bridgehead atoms. The molecule has 39 heavy (non-hydrogen) atoms. The standard InChI is InChI=1S/C29H38N4O5S/c1-4-37-28(34)23-14-17-32(18-15-23)39(35,36)26-13-8-10-24(20-26)27-21-30-29(31-25-11-6-5-7-12-25)33(27)16-9-19-38-22(2)3/h5-8,10-13,20-23H,4,9,14-19H2,1-3H3,(H,30,31). The van der Waals surface area contributed by atoms with Gasteiger partial charge in [0.15, 0.2) is 0 Å². The van der Waals surface area contributed by atoms with Gasteiger partial charge in [0.05, 0.1) is 35.4 Å². The number of piperidine rings is 1. The highest BCUT2D eigenvalue weighted by atomic mass is 32.2. The number of ether oxygens (including phenoxy) is 2. The first-order valence-corrected chi connectivity index (χ1v) is 15.0. The van der Waals surface area contributed by atoms with Crippen LogP contribution >= 0.6 is 0 Å². The molecule has 1 N–H and O–H groups in total. The van der Waals surface area contributed by atoms with Crippen molar-refractivity contribution >= 4 is 27.6 Å². The summed E-state index contributed by atoms with van der Waals surface area (Å²) < 4.78 is 41.5. The number of nitrogens with one attached hydrogen (secondary N) is 1. The summed E-state index contributed by atoms with van der Waals surface area (Å²) in [4.78, 5) is 16.9. The second-order valence-electron chi connectivity index (χ2n) is 9.84. The Morgan fingerprint density at radius 1 is 1.10 bits per heavy atom. The van der Waals surface area contributed by atoms with Crippen LogP contribution in [0.5, 0.6) is 0 Å². The number of anilines is 2. The summed E-state index contributed by atoms with van der Waals surface area (Å²) in [6.07, 6.45) is 3.61. The molecule has 2 heterocycles. The van der Waals surface area contributed by atoms with Crippen molar-refractivity contribution in [1.82, 2.24) is 13.9 Å². The number of hydrogen-bond donors (Lipinski definition) is 1. The SMILES string of the molecule is CCOC(=O)C1CCN(S(=O)(=O)c2cccc(-c3cnc(Nc4ccccc4)n3CCCOC(C)C)c2)CC1. The van der Waals surface area contributed by atoms with E-state index in [4.69, 9.17) is 9.47 Å². The highest BCUT2D eigenvalue weighted by Crippen LogP contribution is 2.30. The lowest BCUT2D eigenvalue weighted by molar-refractivity contribution is -0.149. The lowest BCUT2D eigenvalue weighted by Crippen LogP contribution is -2.40. The van der Waals surface area contributed by atoms with Crippen molar-refractivity contribution in [2.75, 3.05) is 31.6 Å². The number of rotatable bonds is 12. The Kier molecular flexibility index (Phi) is 9.77. The second-order valence-corrected chi connectivity index (χ2v) is 11.8. The zero-order chi connectivity index (χ0) is 27.8. The van der Waals surface area contributed by atoms with Gasteiger partial charge in [0.2, 0.25) is 16.0 Å². The van der Waals surface area contributed by atoms with Crippen LogP contribution < -0.4 is 5.32 Å². The van der Waals surface area contributed by atoms with Crippen LogP contribution in [0.15, 0.2) is 65.7 Å². The van der Waals surface area contributed by atoms with Crippen LogP contribution in [0.4, 0.5) is 11.6 Å². The summed E-state index contributed by atoms with van der Waals surface area (Å²) in [7, 11) is -3.72. The van der Waals surface area contributed by atoms with Crippen molar-refractivity contribution in [3.05, 3.63) is 60.8 Å². The number of nitrogens with zero attached hydrogens (tertiary/aromatic N) is 3. The number of aromatic nitrogens is 2. The van der Waals surface area contributed by atoms with Crippen molar-refractivity contribution in [1.29, 1.82) is 0 Å². The number of hydrogen-bond acceptors (Lipinski definition) is 7. The molecule has 0 atom stereocenters. The van der Waals surface area contributed by atoms with Crippen LogP contribution in [0, 0.1) is 5.92 Å². The number of carbonyl (C=O) groups is 1. The average Bonchev–Trinajstić information content (AvgIpc) is 3.34. The maximum Gasteiger partial charge on any atom is 0.309 e. The van der Waals surface area contributed by atoms with E-state index in [-0.39, 0.29) is 36.0 Å². The minimum absolute atomic E-state index is 0.151. The van der Waals surface area contributed by atoms with E-state index in [0.29, 0.717) is 38.5 Å². The molecule has 1 fully saturated rings. The van der Waals surface area contributed by atoms with Gasteiger partial charge in [0.1, 0.15) is 0 Å². The first-order chi connectivity index (χ1) is 18.8. The zero-order valence-electron chi connectivity index (χ0n) is 22.9. The van der Waals surface area contributed by atoms with Gasteiger partial charge >= 0.3 is 5.97 Å². The van der Waals surface area contributed by atoms with Gasteiger partial charge in [-0.05, 0) is 64.3 Å². The predicted molar refractivity (Wildman–Crippen MR) is 151 cm³/mol. The van der Waals surface area contributed by atoms with Gasteiger partial charge in [-0.3, -0.25) is 4.79 Å². The normalized spacial score (nSPS) is 15.0. The number of benzene rings is 2. The summed E-state index contributed by atoms with van der Waals surface area (Å²) in [5.41, 5.74) is 2.49. The van der Waals surface area contributed by atoms with Crippen LogP contribution in [0.2, 0.25) is 0 Å². The third kappa shape index (κ3) is 7.26. The topological polar surface area (TPSA) is 103 Å². The number of imidazole rings is 1. The van der Waals surface area contributed by atoms with Gasteiger partial charge in [-0.2, -0.15) is 4.31 Å². The molecule has 0 amide bonds. The van der Waals surface area contributed by atoms with Crippen LogP contribution in [-0.4, -0.2) is 60.7 Å². The fourth-order valence-corrected chi connectivity index (χ4v) is 6.20. The monoisotopic (exact) mass is 554 g/mol. The first kappa shape index (κ1) is 28.8. The predicted octanol–water partition coefficient (Wildman–Crippen LogP) is 5.07. The molecule has 1 saturated heterocycles. The van der Waals surface area contributed by atoms with E-state index in [2.05, 4.69) is 14.9 Å². The lowest BCUT2D eigenvalue weighted by Gasteiger charge is -2.30. The molecule has 0 radical (unpaired) electrons. The molecule has 0 saturated carbocycles. The largest absolute Gasteiger partial charge is 0.466 e. The fraction of sp³-hybridized carbons (Fsp3) is 0.448. The summed E-state index contributed by atoms with van der Waals surface area (Å²) in [5, 5.41) is 3.38. The van der Waals surface area contributed by atoms with E-state index >= 15 is 0 Å². The molecule has 3 aromatic rings. The summed E-state index contributed by atoms with van der Waals surface area (Å²) >= 11 is 0. The number of carbonyl (C=O) groups excluding carboxylic acids is 1. The highest BCUT2D eigenvalue weighted by molar-refractivity contribution is 7.89. The molecule has 4 rings (SSSR count). The molecule has 1 aliphatic heterocycles. The van der Waals surface area contributed by atoms with Crippen molar-refractivity contribution < 1.29 is 22.7 Å². The Labute approximate surface area is 231 Å². The van der Waals surface area contributed by atoms with Crippen molar-refractivity contribution in [3.63, 3.8) is 0 Å². The minimum Gasteiger partial charge on any atom is -0.466 e. The van der Waals surface area contributed by atoms with E-state index in [9.17, 15) is 13.2 Å². The van der Waals surface area contributed by atoms with E-state index in [1.165, 1.54) is 4.31 Å². The number of sulfonamides is 1. The molecule has 210 valence electrons. The molecule has 0 unspecified atom stereocenters. The maximum absolute atomic E-state index is 13.5. The van der Waals surface area contributed by atoms with Gasteiger partial charge < -0.3 is 19.4 Å². The second kappa shape index (κ2) is 13.2. The van der Waals surface area contributed by atoms with Gasteiger partial charge in [-0.15, -0.1) is 0 Å². The van der Waals surface area contributed by atoms with Gasteiger partial charge in [0, 0.05) is 37.5 Å². The Balaban J connectivity index is 1.56. The summed E-state index contributed by atoms with van der Waals surface area (Å²) in [5.74, 6) is 0.172. The quantitative estimate of drug-likeness (QED) is 0.246. The zero-order valence-corrected chi connectivity index (χ0v) is 23.7. The maximum atomic E-state index is 13.5. The number of esters is 1. The van der Waals surface area contributed by atoms with E-state index < -0.39 is 10.0 Å². The molecular weight excluding hydrogens is 516 g/mol. The molecule has 0 aliphatic carbocycles. The van der Waals surface area contributed by atoms with Crippen LogP contribution in [0.3, 0.4) is 0 Å². The summed E-state index contributed by atoms with van der Waals surface area (Å²) in [6, 6.07) is 16.8. The molecule has 0 spiro atoms. The van der Waals surface area contributed by atoms with Gasteiger partial charge in [-0.25, -0.2) is 13.4 Å². The molecule has 10 heteroatoms. The Bertz CT molecular complexity index is 1330. The lowest BCUT2D eigenvalue weighted by atomic mass is 9.98. The third-order valence-electron chi connectivity index (χ3n) is 6.70. The highest BCUT2D eigenvalue weighted by Gasteiger charge is 2.33. The Morgan fingerprint density at radius 2 is 1.85 bits per heavy atom. The van der Waals surface area contributed by atoms with Crippen LogP contribution in [-0.2, 0) is 30.8 Å². The fourth-order valence-electron chi connectivity index (χ4n) is 4.68. The van der Waals surface area contributed by atoms with E-state index in [1.54, 1.807) is 31.3 Å². The van der Waals surface area contributed by atoms with Crippen molar-refractivity contribution in [2.24, 2.45) is 5.92 Å². The minimum atomic E-state index is -3.72. The van der Waals surface area contributed by atoms with Crippen LogP contribution in [0.25, 0.3) is 11.3 Å². The van der Waals surface area contributed by atoms with E-state index in [0.717, 1.165) is 23.4 Å². The van der Waals surface area contributed by atoms with Gasteiger partial charge in [-0.1, -0.05) is 30.3 Å². The molecular formula is C29H38N4O5S. The van der Waals surface area contributed by atoms with Crippen LogP contribution in [0.1, 0.15) is 40.0 Å². The first-order valence-electron chi connectivity index (χ1n) is 13.6. The third-order valence-corrected chi connectivity index (χ3v) is 8.60. The van der Waals surface area contributed by atoms with E-state index in [1.807, 2.05) is 50.2 Å².